The summed E-state index contributed by atoms with van der Waals surface area (Å²) in [6, 6.07) is 6.77. The van der Waals surface area contributed by atoms with Crippen molar-refractivity contribution >= 4 is 28.5 Å². The van der Waals surface area contributed by atoms with Crippen LogP contribution < -0.4 is 4.74 Å². The maximum Gasteiger partial charge on any atom is 0.339 e. The Kier molecular flexibility index (Phi) is 7.33. The summed E-state index contributed by atoms with van der Waals surface area (Å²) in [5, 5.41) is 11.1. The molecule has 0 saturated carbocycles. The molecule has 170 valence electrons. The molecule has 1 N–H and O–H groups in total. The molecule has 1 aromatic carbocycles. The van der Waals surface area contributed by atoms with E-state index in [1.165, 1.54) is 35.4 Å². The van der Waals surface area contributed by atoms with Crippen molar-refractivity contribution in [2.24, 2.45) is 0 Å². The van der Waals surface area contributed by atoms with Gasteiger partial charge >= 0.3 is 5.97 Å². The van der Waals surface area contributed by atoms with Crippen molar-refractivity contribution in [3.63, 3.8) is 0 Å². The van der Waals surface area contributed by atoms with Crippen LogP contribution in [0, 0.1) is 0 Å². The summed E-state index contributed by atoms with van der Waals surface area (Å²) in [5.41, 5.74) is 2.82. The Labute approximate surface area is 193 Å². The number of nitrogens with zero attached hydrogens (tertiary/aromatic N) is 3. The smallest absolute Gasteiger partial charge is 0.339 e. The molecule has 3 aromatic rings. The van der Waals surface area contributed by atoms with Gasteiger partial charge in [0.1, 0.15) is 17.9 Å². The zero-order valence-electron chi connectivity index (χ0n) is 18.5. The highest BCUT2D eigenvalue weighted by atomic mass is 35.5. The lowest BCUT2D eigenvalue weighted by Crippen LogP contribution is -2.35. The molecule has 1 aliphatic rings. The largest absolute Gasteiger partial charge is 0.491 e. The Hall–Kier alpha value is -2.57. The lowest BCUT2D eigenvalue weighted by Gasteiger charge is -2.31. The molecule has 1 aliphatic heterocycles. The Balaban J connectivity index is 1.34. The predicted molar refractivity (Wildman–Crippen MR) is 127 cm³/mol. The average molecular weight is 456 g/mol. The fourth-order valence-electron chi connectivity index (χ4n) is 4.55. The highest BCUT2D eigenvalue weighted by Gasteiger charge is 2.24. The molecule has 0 radical (unpaired) electrons. The molecular weight excluding hydrogens is 426 g/mol. The van der Waals surface area contributed by atoms with Crippen LogP contribution in [0.4, 0.5) is 0 Å². The fraction of sp³-hybridized carbons (Fsp3) is 0.440. The van der Waals surface area contributed by atoms with Gasteiger partial charge in [0.05, 0.1) is 11.7 Å². The quantitative estimate of drug-likeness (QED) is 0.465. The van der Waals surface area contributed by atoms with Crippen LogP contribution in [-0.4, -0.2) is 51.8 Å². The molecule has 0 spiro atoms. The summed E-state index contributed by atoms with van der Waals surface area (Å²) in [7, 11) is 0. The van der Waals surface area contributed by atoms with Gasteiger partial charge in [0.2, 0.25) is 0 Å². The maximum absolute atomic E-state index is 11.4. The molecule has 2 aromatic heterocycles. The summed E-state index contributed by atoms with van der Waals surface area (Å²) >= 11 is 6.01. The first-order valence-electron chi connectivity index (χ1n) is 11.4. The van der Waals surface area contributed by atoms with E-state index in [-0.39, 0.29) is 5.56 Å². The SMILES string of the molecule is CCCCn1cc(C2CCN(CCOc3cc(Cl)ccc3C(=O)O)CC2)c2ccncc21. The molecule has 3 heterocycles. The van der Waals surface area contributed by atoms with Crippen LogP contribution in [0.5, 0.6) is 5.75 Å². The van der Waals surface area contributed by atoms with Crippen molar-refractivity contribution in [3.05, 3.63) is 59.0 Å². The molecule has 0 unspecified atom stereocenters. The second kappa shape index (κ2) is 10.4. The molecular formula is C25H30ClN3O3. The molecule has 4 rings (SSSR count). The number of fused-ring (bicyclic) bond motifs is 1. The molecule has 32 heavy (non-hydrogen) atoms. The van der Waals surface area contributed by atoms with E-state index in [1.807, 2.05) is 12.4 Å². The van der Waals surface area contributed by atoms with Crippen molar-refractivity contribution in [1.29, 1.82) is 0 Å². The monoisotopic (exact) mass is 455 g/mol. The van der Waals surface area contributed by atoms with Gasteiger partial charge in [-0.3, -0.25) is 9.88 Å². The Morgan fingerprint density at radius 3 is 2.81 bits per heavy atom. The fourth-order valence-corrected chi connectivity index (χ4v) is 4.71. The number of aryl methyl sites for hydroxylation is 1. The summed E-state index contributed by atoms with van der Waals surface area (Å²) in [6.07, 6.45) is 10.8. The number of carbonyl (C=O) groups is 1. The number of aromatic carboxylic acids is 1. The van der Waals surface area contributed by atoms with Gasteiger partial charge in [0, 0.05) is 35.9 Å². The van der Waals surface area contributed by atoms with Gasteiger partial charge in [-0.15, -0.1) is 0 Å². The van der Waals surface area contributed by atoms with E-state index in [0.717, 1.165) is 39.0 Å². The van der Waals surface area contributed by atoms with Crippen molar-refractivity contribution in [2.45, 2.75) is 45.1 Å². The summed E-state index contributed by atoms with van der Waals surface area (Å²) in [6.45, 7) is 6.47. The number of ether oxygens (including phenoxy) is 1. The van der Waals surface area contributed by atoms with Crippen molar-refractivity contribution in [2.75, 3.05) is 26.2 Å². The summed E-state index contributed by atoms with van der Waals surface area (Å²) in [5.74, 6) is -0.134. The number of pyridine rings is 1. The third kappa shape index (κ3) is 5.08. The van der Waals surface area contributed by atoms with Crippen LogP contribution in [-0.2, 0) is 6.54 Å². The lowest BCUT2D eigenvalue weighted by atomic mass is 9.89. The molecule has 0 aliphatic carbocycles. The van der Waals surface area contributed by atoms with E-state index in [4.69, 9.17) is 16.3 Å². The highest BCUT2D eigenvalue weighted by Crippen LogP contribution is 2.34. The number of carboxylic acid groups (broad SMARTS) is 1. The molecule has 1 fully saturated rings. The number of hydrogen-bond donors (Lipinski definition) is 1. The van der Waals surface area contributed by atoms with Crippen LogP contribution >= 0.6 is 11.6 Å². The number of halogens is 1. The second-order valence-electron chi connectivity index (χ2n) is 8.43. The van der Waals surface area contributed by atoms with Crippen LogP contribution in [0.2, 0.25) is 5.02 Å². The number of likely N-dealkylation sites (tertiary alicyclic amines) is 1. The van der Waals surface area contributed by atoms with Crippen molar-refractivity contribution in [3.8, 4) is 5.75 Å². The number of carboxylic acids is 1. The normalized spacial score (nSPS) is 15.3. The van der Waals surface area contributed by atoms with Gasteiger partial charge in [-0.2, -0.15) is 0 Å². The molecule has 7 heteroatoms. The minimum absolute atomic E-state index is 0.141. The number of rotatable bonds is 9. The summed E-state index contributed by atoms with van der Waals surface area (Å²) in [4.78, 5) is 18.1. The second-order valence-corrected chi connectivity index (χ2v) is 8.87. The van der Waals surface area contributed by atoms with E-state index in [2.05, 4.69) is 33.6 Å². The van der Waals surface area contributed by atoms with E-state index >= 15 is 0 Å². The number of unbranched alkanes of at least 4 members (excludes halogenated alkanes) is 1. The first-order valence-corrected chi connectivity index (χ1v) is 11.8. The highest BCUT2D eigenvalue weighted by molar-refractivity contribution is 6.30. The molecule has 0 atom stereocenters. The Morgan fingerprint density at radius 1 is 1.25 bits per heavy atom. The van der Waals surface area contributed by atoms with Gasteiger partial charge < -0.3 is 14.4 Å². The number of hydrogen-bond acceptors (Lipinski definition) is 4. The number of benzene rings is 1. The van der Waals surface area contributed by atoms with Crippen LogP contribution in [0.15, 0.2) is 42.9 Å². The van der Waals surface area contributed by atoms with Gasteiger partial charge in [0.25, 0.3) is 0 Å². The predicted octanol–water partition coefficient (Wildman–Crippen LogP) is 5.45. The lowest BCUT2D eigenvalue weighted by molar-refractivity contribution is 0.0691. The van der Waals surface area contributed by atoms with Crippen LogP contribution in [0.1, 0.15) is 54.4 Å². The zero-order chi connectivity index (χ0) is 22.5. The molecule has 6 nitrogen and oxygen atoms in total. The third-order valence-corrected chi connectivity index (χ3v) is 6.57. The average Bonchev–Trinajstić information content (AvgIpc) is 3.17. The minimum atomic E-state index is -1.01. The Bertz CT molecular complexity index is 1070. The van der Waals surface area contributed by atoms with Gasteiger partial charge in [-0.25, -0.2) is 4.79 Å². The van der Waals surface area contributed by atoms with Crippen molar-refractivity contribution < 1.29 is 14.6 Å². The van der Waals surface area contributed by atoms with E-state index < -0.39 is 5.97 Å². The van der Waals surface area contributed by atoms with Crippen LogP contribution in [0.25, 0.3) is 10.9 Å². The molecule has 0 amide bonds. The summed E-state index contributed by atoms with van der Waals surface area (Å²) < 4.78 is 8.14. The van der Waals surface area contributed by atoms with Gasteiger partial charge in [-0.1, -0.05) is 24.9 Å². The van der Waals surface area contributed by atoms with Gasteiger partial charge in [-0.05, 0) is 68.1 Å². The topological polar surface area (TPSA) is 67.6 Å². The number of aromatic nitrogens is 2. The molecule has 1 saturated heterocycles. The maximum atomic E-state index is 11.4. The molecule has 0 bridgehead atoms. The zero-order valence-corrected chi connectivity index (χ0v) is 19.2. The Morgan fingerprint density at radius 2 is 2.06 bits per heavy atom. The number of piperidine rings is 1. The van der Waals surface area contributed by atoms with E-state index in [9.17, 15) is 9.90 Å². The first-order chi connectivity index (χ1) is 15.6. The van der Waals surface area contributed by atoms with E-state index in [0.29, 0.717) is 23.3 Å². The van der Waals surface area contributed by atoms with E-state index in [1.54, 1.807) is 12.1 Å². The minimum Gasteiger partial charge on any atom is -0.491 e. The van der Waals surface area contributed by atoms with Gasteiger partial charge in [0.15, 0.2) is 0 Å². The standard InChI is InChI=1S/C25H30ClN3O3/c1-2-3-10-29-17-22(20-6-9-27-16-23(20)29)18-7-11-28(12-8-18)13-14-32-24-15-19(26)4-5-21(24)25(30)31/h4-6,9,15-18H,2-3,7-8,10-14H2,1H3,(H,30,31). The van der Waals surface area contributed by atoms with Crippen molar-refractivity contribution in [1.82, 2.24) is 14.5 Å². The first kappa shape index (κ1) is 22.6. The van der Waals surface area contributed by atoms with Crippen LogP contribution in [0.3, 0.4) is 0 Å². The third-order valence-electron chi connectivity index (χ3n) is 6.33.